The third kappa shape index (κ3) is 3.98. The summed E-state index contributed by atoms with van der Waals surface area (Å²) in [5.74, 6) is -1.38. The van der Waals surface area contributed by atoms with Crippen LogP contribution in [0.4, 0.5) is 10.1 Å². The van der Waals surface area contributed by atoms with E-state index in [0.29, 0.717) is 4.47 Å². The summed E-state index contributed by atoms with van der Waals surface area (Å²) in [6.45, 7) is 0. The predicted molar refractivity (Wildman–Crippen MR) is 97.6 cm³/mol. The molecular weight excluding hydrogens is 443 g/mol. The van der Waals surface area contributed by atoms with Gasteiger partial charge in [0, 0.05) is 10.5 Å². The van der Waals surface area contributed by atoms with E-state index in [-0.39, 0.29) is 21.8 Å². The standard InChI is InChI=1S/C16H12BrFN4O4S/c1-26-16(23)12-7-11(3-4-13(12)17)27(24,25)21-10-2-5-15(14(18)6-10)22-9-19-8-20-22/h2-9,21H,1H3. The van der Waals surface area contributed by atoms with Crippen LogP contribution in [0.2, 0.25) is 0 Å². The third-order valence-electron chi connectivity index (χ3n) is 3.52. The maximum absolute atomic E-state index is 14.3. The van der Waals surface area contributed by atoms with Crippen molar-refractivity contribution in [2.45, 2.75) is 4.90 Å². The summed E-state index contributed by atoms with van der Waals surface area (Å²) in [5, 5.41) is 3.82. The predicted octanol–water partition coefficient (Wildman–Crippen LogP) is 2.76. The second-order valence-electron chi connectivity index (χ2n) is 5.24. The molecule has 27 heavy (non-hydrogen) atoms. The molecule has 0 amide bonds. The lowest BCUT2D eigenvalue weighted by Crippen LogP contribution is -2.14. The van der Waals surface area contributed by atoms with Crippen LogP contribution in [-0.4, -0.2) is 36.3 Å². The number of nitrogens with one attached hydrogen (secondary N) is 1. The van der Waals surface area contributed by atoms with Gasteiger partial charge < -0.3 is 4.74 Å². The SMILES string of the molecule is COC(=O)c1cc(S(=O)(=O)Nc2ccc(-n3cncn3)c(F)c2)ccc1Br. The van der Waals surface area contributed by atoms with E-state index in [2.05, 4.69) is 35.5 Å². The summed E-state index contributed by atoms with van der Waals surface area (Å²) in [5.41, 5.74) is 0.180. The molecule has 0 bridgehead atoms. The van der Waals surface area contributed by atoms with Gasteiger partial charge >= 0.3 is 5.97 Å². The Bertz CT molecular complexity index is 1100. The molecule has 0 atom stereocenters. The summed E-state index contributed by atoms with van der Waals surface area (Å²) in [4.78, 5) is 15.3. The van der Waals surface area contributed by atoms with E-state index in [1.54, 1.807) is 0 Å². The summed E-state index contributed by atoms with van der Waals surface area (Å²) < 4.78 is 47.9. The molecule has 0 radical (unpaired) electrons. The van der Waals surface area contributed by atoms with Crippen molar-refractivity contribution in [1.82, 2.24) is 14.8 Å². The first kappa shape index (κ1) is 19.0. The van der Waals surface area contributed by atoms with Gasteiger partial charge in [0.05, 0.1) is 23.3 Å². The Morgan fingerprint density at radius 2 is 2.04 bits per heavy atom. The zero-order chi connectivity index (χ0) is 19.6. The van der Waals surface area contributed by atoms with Crippen molar-refractivity contribution in [2.75, 3.05) is 11.8 Å². The highest BCUT2D eigenvalue weighted by atomic mass is 79.9. The number of benzene rings is 2. The number of carbonyl (C=O) groups is 1. The van der Waals surface area contributed by atoms with Crippen molar-refractivity contribution in [3.8, 4) is 5.69 Å². The number of hydrogen-bond donors (Lipinski definition) is 1. The Balaban J connectivity index is 1.91. The number of ether oxygens (including phenoxy) is 1. The highest BCUT2D eigenvalue weighted by Gasteiger charge is 2.20. The number of anilines is 1. The van der Waals surface area contributed by atoms with Gasteiger partial charge in [-0.05, 0) is 46.3 Å². The smallest absolute Gasteiger partial charge is 0.339 e. The van der Waals surface area contributed by atoms with Gasteiger partial charge in [0.15, 0.2) is 5.82 Å². The minimum absolute atomic E-state index is 0.0129. The lowest BCUT2D eigenvalue weighted by molar-refractivity contribution is 0.0599. The van der Waals surface area contributed by atoms with E-state index >= 15 is 0 Å². The molecule has 0 unspecified atom stereocenters. The zero-order valence-electron chi connectivity index (χ0n) is 13.8. The van der Waals surface area contributed by atoms with Crippen LogP contribution < -0.4 is 4.72 Å². The highest BCUT2D eigenvalue weighted by Crippen LogP contribution is 2.24. The van der Waals surface area contributed by atoms with E-state index in [1.165, 1.54) is 54.8 Å². The fourth-order valence-corrected chi connectivity index (χ4v) is 3.72. The lowest BCUT2D eigenvalue weighted by atomic mass is 10.2. The number of aromatic nitrogens is 3. The molecule has 0 fully saturated rings. The molecule has 0 aliphatic heterocycles. The molecule has 140 valence electrons. The van der Waals surface area contributed by atoms with Crippen molar-refractivity contribution < 1.29 is 22.3 Å². The maximum atomic E-state index is 14.3. The van der Waals surface area contributed by atoms with Gasteiger partial charge in [-0.25, -0.2) is 27.3 Å². The van der Waals surface area contributed by atoms with Crippen LogP contribution in [0.5, 0.6) is 0 Å². The van der Waals surface area contributed by atoms with Crippen molar-refractivity contribution in [2.24, 2.45) is 0 Å². The lowest BCUT2D eigenvalue weighted by Gasteiger charge is -2.11. The van der Waals surface area contributed by atoms with Gasteiger partial charge in [-0.15, -0.1) is 0 Å². The minimum Gasteiger partial charge on any atom is -0.465 e. The van der Waals surface area contributed by atoms with Crippen LogP contribution in [0.3, 0.4) is 0 Å². The van der Waals surface area contributed by atoms with E-state index in [9.17, 15) is 17.6 Å². The first-order chi connectivity index (χ1) is 12.8. The highest BCUT2D eigenvalue weighted by molar-refractivity contribution is 9.10. The molecule has 0 spiro atoms. The number of hydrogen-bond acceptors (Lipinski definition) is 6. The second kappa shape index (κ2) is 7.45. The van der Waals surface area contributed by atoms with Crippen LogP contribution in [0.15, 0.2) is 58.4 Å². The third-order valence-corrected chi connectivity index (χ3v) is 5.59. The number of esters is 1. The molecule has 0 saturated heterocycles. The topological polar surface area (TPSA) is 103 Å². The Morgan fingerprint density at radius 1 is 1.26 bits per heavy atom. The molecule has 3 rings (SSSR count). The molecule has 3 aromatic rings. The van der Waals surface area contributed by atoms with Gasteiger partial charge in [-0.2, -0.15) is 5.10 Å². The first-order valence-electron chi connectivity index (χ1n) is 7.37. The molecule has 1 N–H and O–H groups in total. The van der Waals surface area contributed by atoms with Gasteiger partial charge in [0.2, 0.25) is 0 Å². The van der Waals surface area contributed by atoms with E-state index in [0.717, 1.165) is 6.07 Å². The summed E-state index contributed by atoms with van der Waals surface area (Å²) in [6.07, 6.45) is 2.57. The second-order valence-corrected chi connectivity index (χ2v) is 7.78. The number of halogens is 2. The van der Waals surface area contributed by atoms with Crippen LogP contribution in [0, 0.1) is 5.82 Å². The number of sulfonamides is 1. The fraction of sp³-hybridized carbons (Fsp3) is 0.0625. The fourth-order valence-electron chi connectivity index (χ4n) is 2.24. The van der Waals surface area contributed by atoms with Crippen LogP contribution >= 0.6 is 15.9 Å². The Kier molecular flexibility index (Phi) is 5.24. The van der Waals surface area contributed by atoms with E-state index < -0.39 is 21.8 Å². The van der Waals surface area contributed by atoms with Crippen LogP contribution in [0.25, 0.3) is 5.69 Å². The maximum Gasteiger partial charge on any atom is 0.339 e. The Hall–Kier alpha value is -2.79. The number of carbonyl (C=O) groups excluding carboxylic acids is 1. The largest absolute Gasteiger partial charge is 0.465 e. The van der Waals surface area contributed by atoms with E-state index in [4.69, 9.17) is 0 Å². The summed E-state index contributed by atoms with van der Waals surface area (Å²) >= 11 is 3.16. The number of rotatable bonds is 5. The monoisotopic (exact) mass is 454 g/mol. The minimum atomic E-state index is -4.06. The normalized spacial score (nSPS) is 11.2. The average Bonchev–Trinajstić information content (AvgIpc) is 3.15. The van der Waals surface area contributed by atoms with Crippen molar-refractivity contribution in [3.63, 3.8) is 0 Å². The van der Waals surface area contributed by atoms with E-state index in [1.807, 2.05) is 0 Å². The van der Waals surface area contributed by atoms with Gasteiger partial charge in [-0.1, -0.05) is 0 Å². The van der Waals surface area contributed by atoms with Crippen LogP contribution in [0.1, 0.15) is 10.4 Å². The van der Waals surface area contributed by atoms with Crippen molar-refractivity contribution >= 4 is 37.6 Å². The van der Waals surface area contributed by atoms with Crippen molar-refractivity contribution in [3.05, 3.63) is 64.9 Å². The number of nitrogens with zero attached hydrogens (tertiary/aromatic N) is 3. The molecule has 0 aliphatic carbocycles. The van der Waals surface area contributed by atoms with Gasteiger partial charge in [0.1, 0.15) is 18.3 Å². The average molecular weight is 455 g/mol. The Labute approximate surface area is 162 Å². The molecule has 1 heterocycles. The quantitative estimate of drug-likeness (QED) is 0.594. The van der Waals surface area contributed by atoms with Gasteiger partial charge in [0.25, 0.3) is 10.0 Å². The van der Waals surface area contributed by atoms with Gasteiger partial charge in [-0.3, -0.25) is 4.72 Å². The molecule has 1 aromatic heterocycles. The summed E-state index contributed by atoms with van der Waals surface area (Å²) in [7, 11) is -2.87. The molecule has 8 nitrogen and oxygen atoms in total. The van der Waals surface area contributed by atoms with Crippen LogP contribution in [-0.2, 0) is 14.8 Å². The number of methoxy groups -OCH3 is 1. The molecule has 0 saturated carbocycles. The summed E-state index contributed by atoms with van der Waals surface area (Å²) in [6, 6.07) is 7.66. The molecule has 11 heteroatoms. The first-order valence-corrected chi connectivity index (χ1v) is 9.64. The Morgan fingerprint density at radius 3 is 2.67 bits per heavy atom. The molecular formula is C16H12BrFN4O4S. The zero-order valence-corrected chi connectivity index (χ0v) is 16.2. The molecule has 0 aliphatic rings. The van der Waals surface area contributed by atoms with Crippen molar-refractivity contribution in [1.29, 1.82) is 0 Å². The molecule has 2 aromatic carbocycles.